The number of rotatable bonds is 7. The van der Waals surface area contributed by atoms with E-state index in [9.17, 15) is 4.79 Å². The molecule has 166 valence electrons. The number of carbonyl (C=O) groups excluding carboxylic acids is 1. The molecular formula is C23H33Cl2N3O2. The van der Waals surface area contributed by atoms with Gasteiger partial charge in [-0.3, -0.25) is 9.69 Å². The molecule has 30 heavy (non-hydrogen) atoms. The van der Waals surface area contributed by atoms with Gasteiger partial charge in [0, 0.05) is 53.4 Å². The van der Waals surface area contributed by atoms with Crippen LogP contribution in [-0.2, 0) is 9.53 Å². The molecule has 4 rings (SSSR count). The largest absolute Gasteiger partial charge is 0.378 e. The molecule has 3 unspecified atom stereocenters. The van der Waals surface area contributed by atoms with Crippen molar-refractivity contribution in [1.29, 1.82) is 0 Å². The van der Waals surface area contributed by atoms with Gasteiger partial charge in [0.25, 0.3) is 0 Å². The number of hydrogen-bond acceptors (Lipinski definition) is 4. The normalized spacial score (nSPS) is 33.5. The highest BCUT2D eigenvalue weighted by Crippen LogP contribution is 2.33. The molecule has 1 amide bonds. The fourth-order valence-electron chi connectivity index (χ4n) is 4.46. The molecule has 0 aromatic heterocycles. The summed E-state index contributed by atoms with van der Waals surface area (Å²) in [6.45, 7) is -5.29. The molecule has 1 saturated carbocycles. The van der Waals surface area contributed by atoms with E-state index in [0.29, 0.717) is 54.5 Å². The van der Waals surface area contributed by atoms with E-state index in [0.717, 1.165) is 6.42 Å². The van der Waals surface area contributed by atoms with E-state index in [1.54, 1.807) is 18.2 Å². The number of fused-ring (bicyclic) bond motifs is 1. The van der Waals surface area contributed by atoms with Gasteiger partial charge in [-0.2, -0.15) is 0 Å². The molecular weight excluding hydrogens is 421 g/mol. The van der Waals surface area contributed by atoms with Crippen molar-refractivity contribution in [1.82, 2.24) is 10.2 Å². The molecule has 1 aliphatic carbocycles. The summed E-state index contributed by atoms with van der Waals surface area (Å²) < 4.78 is 73.6. The van der Waals surface area contributed by atoms with E-state index in [1.807, 2.05) is 4.90 Å². The zero-order valence-electron chi connectivity index (χ0n) is 24.8. The zero-order chi connectivity index (χ0) is 28.1. The predicted octanol–water partition coefficient (Wildman–Crippen LogP) is 4.36. The molecule has 3 aliphatic rings. The van der Waals surface area contributed by atoms with Gasteiger partial charge in [0.15, 0.2) is 0 Å². The van der Waals surface area contributed by atoms with E-state index in [2.05, 4.69) is 5.32 Å². The van der Waals surface area contributed by atoms with Crippen LogP contribution < -0.4 is 10.2 Å². The average Bonchev–Trinajstić information content (AvgIpc) is 2.85. The number of piperidine rings is 1. The average molecular weight is 462 g/mol. The van der Waals surface area contributed by atoms with Gasteiger partial charge in [-0.15, -0.1) is 0 Å². The van der Waals surface area contributed by atoms with Crippen LogP contribution in [0.4, 0.5) is 5.69 Å². The van der Waals surface area contributed by atoms with Crippen LogP contribution in [0, 0.1) is 5.92 Å². The Morgan fingerprint density at radius 1 is 1.13 bits per heavy atom. The highest BCUT2D eigenvalue weighted by molar-refractivity contribution is 6.43. The molecule has 3 atom stereocenters. The van der Waals surface area contributed by atoms with E-state index in [-0.39, 0.29) is 31.0 Å². The summed E-state index contributed by atoms with van der Waals surface area (Å²) in [4.78, 5) is 14.9. The third kappa shape index (κ3) is 5.61. The van der Waals surface area contributed by atoms with Crippen LogP contribution >= 0.6 is 23.2 Å². The summed E-state index contributed by atoms with van der Waals surface area (Å²) >= 11 is 12.4. The fourth-order valence-corrected chi connectivity index (χ4v) is 4.88. The number of amides is 1. The lowest BCUT2D eigenvalue weighted by atomic mass is 9.78. The molecule has 1 N–H and O–H groups in total. The number of carbonyl (C=O) groups is 1. The summed E-state index contributed by atoms with van der Waals surface area (Å²) in [5.41, 5.74) is 0.673. The van der Waals surface area contributed by atoms with Crippen molar-refractivity contribution in [2.45, 2.75) is 57.0 Å². The second kappa shape index (κ2) is 10.5. The van der Waals surface area contributed by atoms with Crippen LogP contribution in [0.15, 0.2) is 18.2 Å². The SMILES string of the molecule is [2H]C([2H])(OC1CCC2CCC(=O)NC2C1)C([2H])([2H])C([2H])([2H])C([2H])([2H])N1CCN(c2cccc(Cl)c2Cl)CC1. The minimum Gasteiger partial charge on any atom is -0.378 e. The van der Waals surface area contributed by atoms with Crippen LogP contribution in [0.5, 0.6) is 0 Å². The smallest absolute Gasteiger partial charge is 0.220 e. The van der Waals surface area contributed by atoms with Crippen molar-refractivity contribution in [3.8, 4) is 0 Å². The Balaban J connectivity index is 1.44. The Bertz CT molecular complexity index is 1040. The van der Waals surface area contributed by atoms with Crippen molar-refractivity contribution in [2.24, 2.45) is 5.92 Å². The van der Waals surface area contributed by atoms with Gasteiger partial charge in [0.2, 0.25) is 5.91 Å². The highest BCUT2D eigenvalue weighted by atomic mass is 35.5. The van der Waals surface area contributed by atoms with Crippen LogP contribution in [0.25, 0.3) is 0 Å². The number of ether oxygens (including phenoxy) is 1. The van der Waals surface area contributed by atoms with Crippen molar-refractivity contribution in [3.05, 3.63) is 28.2 Å². The van der Waals surface area contributed by atoms with Crippen molar-refractivity contribution < 1.29 is 20.5 Å². The number of piperazine rings is 1. The van der Waals surface area contributed by atoms with Crippen molar-refractivity contribution in [2.75, 3.05) is 44.1 Å². The van der Waals surface area contributed by atoms with Crippen LogP contribution in [0.2, 0.25) is 10.0 Å². The summed E-state index contributed by atoms with van der Waals surface area (Å²) in [6, 6.07) is 5.00. The number of hydrogen-bond donors (Lipinski definition) is 1. The fraction of sp³-hybridized carbons (Fsp3) is 0.696. The van der Waals surface area contributed by atoms with Gasteiger partial charge in [0.1, 0.15) is 0 Å². The molecule has 3 fully saturated rings. The lowest BCUT2D eigenvalue weighted by Crippen LogP contribution is -2.49. The summed E-state index contributed by atoms with van der Waals surface area (Å²) in [5.74, 6) is 0.184. The van der Waals surface area contributed by atoms with E-state index >= 15 is 0 Å². The summed E-state index contributed by atoms with van der Waals surface area (Å²) in [6.07, 6.45) is -4.72. The Hall–Kier alpha value is -1.01. The highest BCUT2D eigenvalue weighted by Gasteiger charge is 2.34. The number of halogens is 2. The molecule has 1 aromatic carbocycles. The van der Waals surface area contributed by atoms with E-state index in [4.69, 9.17) is 38.9 Å². The quantitative estimate of drug-likeness (QED) is 0.654. The van der Waals surface area contributed by atoms with E-state index < -0.39 is 31.9 Å². The molecule has 7 heteroatoms. The molecule has 0 bridgehead atoms. The van der Waals surface area contributed by atoms with Gasteiger partial charge in [-0.1, -0.05) is 29.3 Å². The molecule has 2 heterocycles. The van der Waals surface area contributed by atoms with Crippen molar-refractivity contribution in [3.63, 3.8) is 0 Å². The monoisotopic (exact) mass is 461 g/mol. The van der Waals surface area contributed by atoms with Crippen LogP contribution in [-0.4, -0.2) is 62.2 Å². The Labute approximate surface area is 201 Å². The second-order valence-electron chi connectivity index (χ2n) is 8.04. The van der Waals surface area contributed by atoms with E-state index in [1.165, 1.54) is 4.90 Å². The zero-order valence-corrected chi connectivity index (χ0v) is 18.3. The Kier molecular flexibility index (Phi) is 4.99. The number of nitrogens with zero attached hydrogens (tertiary/aromatic N) is 2. The first-order valence-electron chi connectivity index (χ1n) is 14.5. The first-order chi connectivity index (χ1) is 17.6. The first kappa shape index (κ1) is 14.2. The van der Waals surface area contributed by atoms with Crippen LogP contribution in [0.3, 0.4) is 0 Å². The first-order valence-corrected chi connectivity index (χ1v) is 11.3. The van der Waals surface area contributed by atoms with Gasteiger partial charge in [0.05, 0.1) is 24.6 Å². The number of benzene rings is 1. The third-order valence-corrected chi connectivity index (χ3v) is 6.95. The predicted molar refractivity (Wildman–Crippen MR) is 123 cm³/mol. The topological polar surface area (TPSA) is 44.8 Å². The molecule has 0 spiro atoms. The lowest BCUT2D eigenvalue weighted by Gasteiger charge is -2.39. The Morgan fingerprint density at radius 2 is 1.97 bits per heavy atom. The maximum absolute atomic E-state index is 11.8. The van der Waals surface area contributed by atoms with Gasteiger partial charge in [-0.05, 0) is 63.0 Å². The standard InChI is InChI=1S/C23H33Cl2N3O2/c24-19-4-3-5-21(23(19)25)28-13-11-27(12-14-28)10-1-2-15-30-18-8-6-17-7-9-22(29)26-20(17)16-18/h3-5,17-18,20H,1-2,6-16H2,(H,26,29)/i1D2,2D2,10D2,15D2. The van der Waals surface area contributed by atoms with Gasteiger partial charge < -0.3 is 15.0 Å². The maximum atomic E-state index is 11.8. The molecule has 5 nitrogen and oxygen atoms in total. The molecule has 0 radical (unpaired) electrons. The summed E-state index contributed by atoms with van der Waals surface area (Å²) in [7, 11) is 0. The van der Waals surface area contributed by atoms with Crippen molar-refractivity contribution >= 4 is 34.8 Å². The lowest BCUT2D eigenvalue weighted by molar-refractivity contribution is -0.125. The van der Waals surface area contributed by atoms with Gasteiger partial charge >= 0.3 is 0 Å². The number of anilines is 1. The Morgan fingerprint density at radius 3 is 2.80 bits per heavy atom. The molecule has 1 aromatic rings. The maximum Gasteiger partial charge on any atom is 0.220 e. The van der Waals surface area contributed by atoms with Crippen LogP contribution in [0.1, 0.15) is 55.8 Å². The minimum atomic E-state index is -3.34. The minimum absolute atomic E-state index is 0.0562. The number of nitrogens with one attached hydrogen (secondary N) is 1. The summed E-state index contributed by atoms with van der Waals surface area (Å²) in [5, 5.41) is 3.64. The second-order valence-corrected chi connectivity index (χ2v) is 8.82. The third-order valence-electron chi connectivity index (χ3n) is 6.14. The molecule has 2 aliphatic heterocycles. The molecule has 2 saturated heterocycles. The van der Waals surface area contributed by atoms with Gasteiger partial charge in [-0.25, -0.2) is 0 Å².